The third kappa shape index (κ3) is 4.74. The molecular weight excluding hydrogens is 316 g/mol. The minimum atomic E-state index is -0.350. The van der Waals surface area contributed by atoms with E-state index in [0.29, 0.717) is 11.6 Å². The lowest BCUT2D eigenvalue weighted by Gasteiger charge is -2.27. The van der Waals surface area contributed by atoms with Crippen molar-refractivity contribution in [1.29, 1.82) is 0 Å². The van der Waals surface area contributed by atoms with Gasteiger partial charge in [-0.1, -0.05) is 54.5 Å². The summed E-state index contributed by atoms with van der Waals surface area (Å²) in [5.41, 5.74) is 1.04. The molecule has 0 aliphatic heterocycles. The first-order valence-corrected chi connectivity index (χ1v) is 9.32. The molecule has 1 aromatic rings. The van der Waals surface area contributed by atoms with Crippen molar-refractivity contribution >= 4 is 36.3 Å². The summed E-state index contributed by atoms with van der Waals surface area (Å²) in [6.07, 6.45) is 0. The smallest absolute Gasteiger partial charge is 0.0731 e. The number of ether oxygens (including phenoxy) is 1. The van der Waals surface area contributed by atoms with Crippen molar-refractivity contribution in [2.75, 3.05) is 6.61 Å². The second-order valence-electron chi connectivity index (χ2n) is 5.11. The predicted molar refractivity (Wildman–Crippen MR) is 80.3 cm³/mol. The van der Waals surface area contributed by atoms with Gasteiger partial charge in [0.1, 0.15) is 0 Å². The van der Waals surface area contributed by atoms with Crippen LogP contribution in [0.15, 0.2) is 22.7 Å². The van der Waals surface area contributed by atoms with Crippen LogP contribution in [0.2, 0.25) is 23.2 Å². The molecule has 0 saturated heterocycles. The molecule has 0 bridgehead atoms. The molecule has 95 valence electrons. The van der Waals surface area contributed by atoms with Gasteiger partial charge in [0.2, 0.25) is 0 Å². The van der Waals surface area contributed by atoms with Crippen molar-refractivity contribution in [1.82, 2.24) is 0 Å². The van der Waals surface area contributed by atoms with Crippen molar-refractivity contribution in [3.8, 4) is 0 Å². The Bertz CT molecular complexity index is 380. The number of rotatable bonds is 5. The van der Waals surface area contributed by atoms with E-state index in [1.54, 1.807) is 0 Å². The zero-order valence-corrected chi connectivity index (χ0v) is 14.2. The van der Waals surface area contributed by atoms with E-state index in [1.807, 2.05) is 18.2 Å². The molecule has 0 unspecified atom stereocenters. The molecule has 4 heteroatoms. The minimum absolute atomic E-state index is 0.295. The van der Waals surface area contributed by atoms with Gasteiger partial charge in [0.15, 0.2) is 0 Å². The number of hydrogen-bond donors (Lipinski definition) is 0. The van der Waals surface area contributed by atoms with Gasteiger partial charge in [-0.25, -0.2) is 0 Å². The Morgan fingerprint density at radius 1 is 1.35 bits per heavy atom. The summed E-state index contributed by atoms with van der Waals surface area (Å²) in [5, 5.41) is 1.06. The largest absolute Gasteiger partial charge is 0.376 e. The average Bonchev–Trinajstić information content (AvgIpc) is 2.22. The lowest BCUT2D eigenvalue weighted by Crippen LogP contribution is -2.26. The summed E-state index contributed by atoms with van der Waals surface area (Å²) in [7, 11) is -0.350. The van der Waals surface area contributed by atoms with Crippen LogP contribution in [0.3, 0.4) is 0 Å². The number of hydrogen-bond acceptors (Lipinski definition) is 1. The van der Waals surface area contributed by atoms with E-state index in [2.05, 4.69) is 42.9 Å². The van der Waals surface area contributed by atoms with Crippen LogP contribution in [0.1, 0.15) is 19.4 Å². The van der Waals surface area contributed by atoms with E-state index in [-0.39, 0.29) is 8.80 Å². The minimum Gasteiger partial charge on any atom is -0.376 e. The fraction of sp³-hybridized carbons (Fsp3) is 0.538. The molecule has 0 atom stereocenters. The zero-order valence-electron chi connectivity index (χ0n) is 10.8. The lowest BCUT2D eigenvalue weighted by atomic mass is 10.2. The summed E-state index contributed by atoms with van der Waals surface area (Å²) in [6.45, 7) is 10.5. The molecule has 1 rings (SSSR count). The quantitative estimate of drug-likeness (QED) is 0.676. The van der Waals surface area contributed by atoms with E-state index >= 15 is 0 Å². The molecule has 1 aromatic carbocycles. The standard InChI is InChI=1S/C13H19BrClOSi/c1-13(2,17(3)4)9-16-8-10-7-11(14)5-6-12(10)15/h5-7H,8-9H2,1-4H3. The lowest BCUT2D eigenvalue weighted by molar-refractivity contribution is 0.101. The first kappa shape index (κ1) is 15.2. The Morgan fingerprint density at radius 3 is 2.59 bits per heavy atom. The molecule has 0 N–H and O–H groups in total. The van der Waals surface area contributed by atoms with Crippen LogP contribution in [0.4, 0.5) is 0 Å². The first-order chi connectivity index (χ1) is 7.83. The van der Waals surface area contributed by atoms with E-state index in [1.165, 1.54) is 0 Å². The molecule has 0 heterocycles. The summed E-state index contributed by atoms with van der Waals surface area (Å²) in [5.74, 6) is 0. The van der Waals surface area contributed by atoms with Crippen molar-refractivity contribution in [3.63, 3.8) is 0 Å². The van der Waals surface area contributed by atoms with Crippen molar-refractivity contribution in [3.05, 3.63) is 33.3 Å². The SMILES string of the molecule is C[Si](C)C(C)(C)COCc1cc(Br)ccc1Cl. The fourth-order valence-electron chi connectivity index (χ4n) is 1.21. The summed E-state index contributed by atoms with van der Waals surface area (Å²) >= 11 is 9.56. The highest BCUT2D eigenvalue weighted by atomic mass is 79.9. The van der Waals surface area contributed by atoms with Gasteiger partial charge < -0.3 is 4.74 Å². The maximum absolute atomic E-state index is 6.11. The van der Waals surface area contributed by atoms with Crippen molar-refractivity contribution in [2.24, 2.45) is 0 Å². The van der Waals surface area contributed by atoms with Gasteiger partial charge in [-0.15, -0.1) is 0 Å². The number of benzene rings is 1. The van der Waals surface area contributed by atoms with Crippen LogP contribution in [0.5, 0.6) is 0 Å². The zero-order chi connectivity index (χ0) is 13.1. The molecule has 1 nitrogen and oxygen atoms in total. The molecule has 1 radical (unpaired) electrons. The predicted octanol–water partition coefficient (Wildman–Crippen LogP) is 5.15. The van der Waals surface area contributed by atoms with Crippen LogP contribution in [0.25, 0.3) is 0 Å². The van der Waals surface area contributed by atoms with Crippen LogP contribution < -0.4 is 0 Å². The van der Waals surface area contributed by atoms with Gasteiger partial charge in [0, 0.05) is 16.1 Å². The van der Waals surface area contributed by atoms with Gasteiger partial charge in [-0.3, -0.25) is 0 Å². The van der Waals surface area contributed by atoms with Crippen LogP contribution >= 0.6 is 27.5 Å². The van der Waals surface area contributed by atoms with E-state index in [4.69, 9.17) is 16.3 Å². The van der Waals surface area contributed by atoms with Crippen LogP contribution in [0, 0.1) is 0 Å². The Hall–Kier alpha value is 0.167. The Kier molecular flexibility index (Phi) is 5.70. The molecular formula is C13H19BrClOSi. The van der Waals surface area contributed by atoms with Gasteiger partial charge in [-0.2, -0.15) is 0 Å². The van der Waals surface area contributed by atoms with Gasteiger partial charge in [0.05, 0.1) is 15.4 Å². The fourth-order valence-corrected chi connectivity index (χ4v) is 2.19. The highest BCUT2D eigenvalue weighted by Crippen LogP contribution is 2.29. The van der Waals surface area contributed by atoms with Gasteiger partial charge in [0.25, 0.3) is 0 Å². The third-order valence-corrected chi connectivity index (χ3v) is 6.80. The molecule has 0 aliphatic carbocycles. The highest BCUT2D eigenvalue weighted by molar-refractivity contribution is 9.10. The topological polar surface area (TPSA) is 9.23 Å². The Morgan fingerprint density at radius 2 is 2.00 bits per heavy atom. The molecule has 17 heavy (non-hydrogen) atoms. The normalized spacial score (nSPS) is 12.2. The van der Waals surface area contributed by atoms with Crippen molar-refractivity contribution < 1.29 is 4.74 Å². The first-order valence-electron chi connectivity index (χ1n) is 5.65. The second kappa shape index (κ2) is 6.37. The second-order valence-corrected chi connectivity index (χ2v) is 9.79. The van der Waals surface area contributed by atoms with Crippen LogP contribution in [-0.2, 0) is 11.3 Å². The van der Waals surface area contributed by atoms with Crippen LogP contribution in [-0.4, -0.2) is 15.4 Å². The van der Waals surface area contributed by atoms with Crippen molar-refractivity contribution in [2.45, 2.75) is 38.6 Å². The molecule has 0 aliphatic rings. The van der Waals surface area contributed by atoms with E-state index in [0.717, 1.165) is 21.7 Å². The number of halogens is 2. The molecule has 0 saturated carbocycles. The molecule has 0 amide bonds. The summed E-state index contributed by atoms with van der Waals surface area (Å²) in [4.78, 5) is 0. The highest BCUT2D eigenvalue weighted by Gasteiger charge is 2.23. The third-order valence-electron chi connectivity index (χ3n) is 3.08. The van der Waals surface area contributed by atoms with Gasteiger partial charge in [-0.05, 0) is 28.8 Å². The maximum atomic E-state index is 6.11. The monoisotopic (exact) mass is 333 g/mol. The Labute approximate surface area is 119 Å². The maximum Gasteiger partial charge on any atom is 0.0731 e. The van der Waals surface area contributed by atoms with E-state index in [9.17, 15) is 0 Å². The Balaban J connectivity index is 2.54. The average molecular weight is 335 g/mol. The summed E-state index contributed by atoms with van der Waals surface area (Å²) < 4.78 is 6.84. The molecule has 0 fully saturated rings. The molecule has 0 spiro atoms. The van der Waals surface area contributed by atoms with Gasteiger partial charge >= 0.3 is 0 Å². The summed E-state index contributed by atoms with van der Waals surface area (Å²) in [6, 6.07) is 5.85. The van der Waals surface area contributed by atoms with E-state index < -0.39 is 0 Å². The molecule has 0 aromatic heterocycles.